The van der Waals surface area contributed by atoms with Gasteiger partial charge in [-0.3, -0.25) is 14.9 Å². The molecule has 1 amide bonds. The SMILES string of the molecule is O=C(NC(F)(F)F)C(Cc1ccccc1)CN1CCC(NC[C@H](O)c2ccc(O)c3[nH]c(=O)ccc23)CC1. The lowest BCUT2D eigenvalue weighted by Gasteiger charge is -2.35. The van der Waals surface area contributed by atoms with Crippen LogP contribution in [0.4, 0.5) is 13.2 Å². The minimum atomic E-state index is -4.78. The number of carbonyl (C=O) groups is 1. The van der Waals surface area contributed by atoms with E-state index >= 15 is 0 Å². The fraction of sp³-hybridized carbons (Fsp3) is 0.407. The summed E-state index contributed by atoms with van der Waals surface area (Å²) in [7, 11) is 0. The zero-order chi connectivity index (χ0) is 27.3. The summed E-state index contributed by atoms with van der Waals surface area (Å²) < 4.78 is 38.5. The molecule has 8 nitrogen and oxygen atoms in total. The summed E-state index contributed by atoms with van der Waals surface area (Å²) in [6, 6.07) is 15.0. The molecule has 0 radical (unpaired) electrons. The predicted molar refractivity (Wildman–Crippen MR) is 136 cm³/mol. The lowest BCUT2D eigenvalue weighted by Crippen LogP contribution is -2.49. The maximum Gasteiger partial charge on any atom is 0.484 e. The smallest absolute Gasteiger partial charge is 0.484 e. The maximum atomic E-state index is 12.8. The van der Waals surface area contributed by atoms with Crippen LogP contribution in [-0.2, 0) is 11.2 Å². The standard InChI is InChI=1S/C27H31F3N4O4/c28-27(29,30)33-26(38)18(14-17-4-2-1-3-5-17)16-34-12-10-19(11-13-34)31-15-23(36)20-6-8-22(35)25-21(20)7-9-24(37)32-25/h1-9,18-19,23,31,35-36H,10-16H2,(H,32,37)(H,33,38)/t18?,23-/m0/s1. The number of halogens is 3. The highest BCUT2D eigenvalue weighted by molar-refractivity contribution is 5.87. The summed E-state index contributed by atoms with van der Waals surface area (Å²) in [5.41, 5.74) is 1.28. The van der Waals surface area contributed by atoms with E-state index in [-0.39, 0.29) is 42.4 Å². The van der Waals surface area contributed by atoms with Gasteiger partial charge in [0.15, 0.2) is 0 Å². The van der Waals surface area contributed by atoms with E-state index in [0.717, 1.165) is 10.9 Å². The number of nitrogens with one attached hydrogen (secondary N) is 3. The van der Waals surface area contributed by atoms with Gasteiger partial charge in [0, 0.05) is 30.6 Å². The maximum absolute atomic E-state index is 12.8. The average Bonchev–Trinajstić information content (AvgIpc) is 2.88. The number of piperidine rings is 1. The molecule has 0 aliphatic carbocycles. The van der Waals surface area contributed by atoms with Crippen molar-refractivity contribution >= 4 is 16.8 Å². The topological polar surface area (TPSA) is 118 Å². The first kappa shape index (κ1) is 27.6. The minimum absolute atomic E-state index is 0.0801. The van der Waals surface area contributed by atoms with Gasteiger partial charge < -0.3 is 25.4 Å². The van der Waals surface area contributed by atoms with Crippen molar-refractivity contribution in [3.05, 3.63) is 76.1 Å². The average molecular weight is 533 g/mol. The van der Waals surface area contributed by atoms with Crippen LogP contribution in [0.2, 0.25) is 0 Å². The number of hydrogen-bond acceptors (Lipinski definition) is 6. The Bertz CT molecular complexity index is 1290. The van der Waals surface area contributed by atoms with Crippen molar-refractivity contribution < 1.29 is 28.2 Å². The number of aromatic nitrogens is 1. The summed E-state index contributed by atoms with van der Waals surface area (Å²) in [5.74, 6) is -1.96. The molecule has 1 saturated heterocycles. The van der Waals surface area contributed by atoms with Gasteiger partial charge in [-0.25, -0.2) is 0 Å². The number of benzene rings is 2. The van der Waals surface area contributed by atoms with Crippen LogP contribution in [0, 0.1) is 5.92 Å². The van der Waals surface area contributed by atoms with Crippen molar-refractivity contribution in [1.82, 2.24) is 20.5 Å². The number of aliphatic hydroxyl groups is 1. The number of hydrogen-bond donors (Lipinski definition) is 5. The molecule has 0 bridgehead atoms. The van der Waals surface area contributed by atoms with E-state index < -0.39 is 24.2 Å². The Balaban J connectivity index is 1.32. The Hall–Kier alpha value is -3.41. The van der Waals surface area contributed by atoms with Crippen molar-refractivity contribution in [3.8, 4) is 5.75 Å². The van der Waals surface area contributed by atoms with Crippen LogP contribution in [0.1, 0.15) is 30.1 Å². The van der Waals surface area contributed by atoms with Gasteiger partial charge >= 0.3 is 6.30 Å². The second-order valence-corrected chi connectivity index (χ2v) is 9.66. The number of aromatic hydroxyl groups is 1. The number of alkyl halides is 3. The van der Waals surface area contributed by atoms with E-state index in [1.807, 2.05) is 11.0 Å². The summed E-state index contributed by atoms with van der Waals surface area (Å²) in [6.45, 7) is 1.65. The van der Waals surface area contributed by atoms with Crippen molar-refractivity contribution in [1.29, 1.82) is 0 Å². The van der Waals surface area contributed by atoms with E-state index in [0.29, 0.717) is 36.9 Å². The van der Waals surface area contributed by atoms with E-state index in [4.69, 9.17) is 0 Å². The monoisotopic (exact) mass is 532 g/mol. The normalized spacial score (nSPS) is 16.8. The molecule has 0 spiro atoms. The van der Waals surface area contributed by atoms with Gasteiger partial charge in [0.05, 0.1) is 17.5 Å². The molecule has 1 aromatic heterocycles. The number of rotatable bonds is 9. The summed E-state index contributed by atoms with van der Waals surface area (Å²) >= 11 is 0. The molecule has 3 aromatic rings. The van der Waals surface area contributed by atoms with Crippen molar-refractivity contribution in [2.45, 2.75) is 37.7 Å². The molecule has 204 valence electrons. The molecule has 11 heteroatoms. The Morgan fingerprint density at radius 3 is 2.47 bits per heavy atom. The number of aromatic amines is 1. The van der Waals surface area contributed by atoms with Gasteiger partial charge in [-0.15, -0.1) is 0 Å². The first-order chi connectivity index (χ1) is 18.1. The van der Waals surface area contributed by atoms with E-state index in [1.165, 1.54) is 12.1 Å². The molecule has 1 unspecified atom stereocenters. The van der Waals surface area contributed by atoms with Crippen LogP contribution in [0.15, 0.2) is 59.4 Å². The van der Waals surface area contributed by atoms with Gasteiger partial charge in [0.2, 0.25) is 11.5 Å². The molecule has 2 aromatic carbocycles. The second-order valence-electron chi connectivity index (χ2n) is 9.66. The summed E-state index contributed by atoms with van der Waals surface area (Å²) in [4.78, 5) is 28.6. The predicted octanol–water partition coefficient (Wildman–Crippen LogP) is 2.82. The van der Waals surface area contributed by atoms with Gasteiger partial charge in [-0.05, 0) is 55.6 Å². The fourth-order valence-electron chi connectivity index (χ4n) is 4.95. The zero-order valence-corrected chi connectivity index (χ0v) is 20.7. The second kappa shape index (κ2) is 12.0. The van der Waals surface area contributed by atoms with Gasteiger partial charge in [0.1, 0.15) is 5.75 Å². The summed E-state index contributed by atoms with van der Waals surface area (Å²) in [5, 5.41) is 25.9. The molecule has 38 heavy (non-hydrogen) atoms. The number of H-pyrrole nitrogens is 1. The van der Waals surface area contributed by atoms with Crippen molar-refractivity contribution in [2.75, 3.05) is 26.2 Å². The number of aliphatic hydroxyl groups excluding tert-OH is 1. The Kier molecular flexibility index (Phi) is 8.70. The quantitative estimate of drug-likeness (QED) is 0.271. The van der Waals surface area contributed by atoms with Crippen LogP contribution < -0.4 is 16.2 Å². The number of phenols is 1. The zero-order valence-electron chi connectivity index (χ0n) is 20.7. The lowest BCUT2D eigenvalue weighted by atomic mass is 9.96. The van der Waals surface area contributed by atoms with Crippen molar-refractivity contribution in [2.24, 2.45) is 5.92 Å². The van der Waals surface area contributed by atoms with Crippen LogP contribution in [0.5, 0.6) is 5.75 Å². The largest absolute Gasteiger partial charge is 0.506 e. The van der Waals surface area contributed by atoms with Crippen molar-refractivity contribution in [3.63, 3.8) is 0 Å². The molecule has 4 rings (SSSR count). The Morgan fingerprint density at radius 1 is 1.08 bits per heavy atom. The van der Waals surface area contributed by atoms with E-state index in [1.54, 1.807) is 36.4 Å². The number of amides is 1. The molecular formula is C27H31F3N4O4. The lowest BCUT2D eigenvalue weighted by molar-refractivity contribution is -0.172. The molecular weight excluding hydrogens is 501 g/mol. The third kappa shape index (κ3) is 7.33. The molecule has 2 heterocycles. The van der Waals surface area contributed by atoms with Gasteiger partial charge in [-0.1, -0.05) is 36.4 Å². The Morgan fingerprint density at radius 2 is 1.79 bits per heavy atom. The highest BCUT2D eigenvalue weighted by atomic mass is 19.4. The number of pyridine rings is 1. The first-order valence-electron chi connectivity index (χ1n) is 12.5. The fourth-order valence-corrected chi connectivity index (χ4v) is 4.95. The van der Waals surface area contributed by atoms with Gasteiger partial charge in [0.25, 0.3) is 0 Å². The van der Waals surface area contributed by atoms with Crippen LogP contribution in [0.25, 0.3) is 10.9 Å². The number of nitrogens with zero attached hydrogens (tertiary/aromatic N) is 1. The summed E-state index contributed by atoms with van der Waals surface area (Å²) in [6.07, 6.45) is -4.05. The number of likely N-dealkylation sites (tertiary alicyclic amines) is 1. The molecule has 5 N–H and O–H groups in total. The third-order valence-corrected chi connectivity index (χ3v) is 6.89. The molecule has 2 atom stereocenters. The van der Waals surface area contributed by atoms with E-state index in [9.17, 15) is 33.0 Å². The van der Waals surface area contributed by atoms with Gasteiger partial charge in [-0.2, -0.15) is 13.2 Å². The number of phenolic OH excluding ortho intramolecular Hbond substituents is 1. The molecule has 1 aliphatic heterocycles. The van der Waals surface area contributed by atoms with Crippen LogP contribution >= 0.6 is 0 Å². The number of carbonyl (C=O) groups excluding carboxylic acids is 1. The molecule has 0 saturated carbocycles. The molecule has 1 fully saturated rings. The highest BCUT2D eigenvalue weighted by Gasteiger charge is 2.34. The highest BCUT2D eigenvalue weighted by Crippen LogP contribution is 2.28. The third-order valence-electron chi connectivity index (χ3n) is 6.89. The Labute approximate surface area is 217 Å². The minimum Gasteiger partial charge on any atom is -0.506 e. The molecule has 1 aliphatic rings. The van der Waals surface area contributed by atoms with Crippen LogP contribution in [-0.4, -0.2) is 64.5 Å². The number of fused-ring (bicyclic) bond motifs is 1. The van der Waals surface area contributed by atoms with Crippen LogP contribution in [0.3, 0.4) is 0 Å². The first-order valence-corrected chi connectivity index (χ1v) is 12.5. The van der Waals surface area contributed by atoms with E-state index in [2.05, 4.69) is 10.3 Å².